The molecule has 0 saturated heterocycles. The van der Waals surface area contributed by atoms with Crippen LogP contribution in [0.4, 0.5) is 10.3 Å². The number of anilines is 2. The van der Waals surface area contributed by atoms with Crippen molar-refractivity contribution in [2.45, 2.75) is 66.1 Å². The van der Waals surface area contributed by atoms with Gasteiger partial charge in [-0.2, -0.15) is 0 Å². The lowest BCUT2D eigenvalue weighted by Crippen LogP contribution is -2.19. The average Bonchev–Trinajstić information content (AvgIpc) is 3.98. The Morgan fingerprint density at radius 3 is 1.43 bits per heavy atom. The number of carbonyl (C=O) groups excluding carboxylic acids is 3. The van der Waals surface area contributed by atoms with E-state index in [0.717, 1.165) is 6.26 Å². The predicted octanol–water partition coefficient (Wildman–Crippen LogP) is 9.84. The largest absolute Gasteiger partial charge is 0.492 e. The summed E-state index contributed by atoms with van der Waals surface area (Å²) in [6.07, 6.45) is 0.505. The number of ketones is 1. The van der Waals surface area contributed by atoms with Crippen LogP contribution < -0.4 is 29.6 Å². The summed E-state index contributed by atoms with van der Waals surface area (Å²) in [5.74, 6) is -0.00796. The summed E-state index contributed by atoms with van der Waals surface area (Å²) < 4.78 is 103. The number of thiazole rings is 2. The minimum absolute atomic E-state index is 0.00477. The number of amides is 2. The third kappa shape index (κ3) is 22.6. The highest BCUT2D eigenvalue weighted by atomic mass is 32.2. The second kappa shape index (κ2) is 31.2. The standard InChI is InChI=1S/C27H33N2O8PS.C22H33N2O9PS2/c1-5-35-38(32,36-6-2)17-22-18-39-27(28-22)29-26(31)21-12-23(14-24(13-21)37-19(3)15-33-4)34-16-25(30)20-10-8-7-9-11-20;1-6-31-34(26,32-7-2)14-18-15-35-22(23-18)24-21(25)17-10-19(30-8-9-36(5,27)28)12-20(11-17)33-16(3)13-29-4/h7-14,18-19H,5-6,15-17H2,1-4H3,(H,28,29,31);10-12,15-16H,6-9,13-14H2,1-5H3,(H,23,24,25)/t19-;16-/m00/s1. The number of carbonyl (C=O) groups is 3. The van der Waals surface area contributed by atoms with Gasteiger partial charge in [0, 0.05) is 60.1 Å². The van der Waals surface area contributed by atoms with E-state index < -0.39 is 36.8 Å². The van der Waals surface area contributed by atoms with E-state index in [0.29, 0.717) is 57.7 Å². The second-order valence-corrected chi connectivity index (χ2v) is 24.2. The summed E-state index contributed by atoms with van der Waals surface area (Å²) in [4.78, 5) is 47.3. The lowest BCUT2D eigenvalue weighted by molar-refractivity contribution is 0.0901. The molecule has 21 nitrogen and oxygen atoms in total. The number of methoxy groups -OCH3 is 2. The molecule has 0 aliphatic rings. The summed E-state index contributed by atoms with van der Waals surface area (Å²) in [5.41, 5.74) is 1.93. The maximum absolute atomic E-state index is 13.1. The molecule has 0 bridgehead atoms. The number of sulfone groups is 1. The topological polar surface area (TPSA) is 262 Å². The number of hydrogen-bond acceptors (Lipinski definition) is 21. The molecule has 2 heterocycles. The van der Waals surface area contributed by atoms with E-state index in [1.807, 2.05) is 13.0 Å². The zero-order chi connectivity index (χ0) is 55.0. The Kier molecular flexibility index (Phi) is 26.0. The fraction of sp³-hybridized carbons (Fsp3) is 0.449. The first-order chi connectivity index (χ1) is 35.7. The molecule has 2 aromatic heterocycles. The lowest BCUT2D eigenvalue weighted by Gasteiger charge is -2.16. The van der Waals surface area contributed by atoms with Gasteiger partial charge in [-0.05, 0) is 65.8 Å². The van der Waals surface area contributed by atoms with Crippen LogP contribution in [0.5, 0.6) is 23.0 Å². The van der Waals surface area contributed by atoms with E-state index in [1.165, 1.54) is 40.9 Å². The third-order valence-corrected chi connectivity index (χ3v) is 16.1. The Morgan fingerprint density at radius 1 is 0.613 bits per heavy atom. The van der Waals surface area contributed by atoms with E-state index >= 15 is 0 Å². The van der Waals surface area contributed by atoms with Gasteiger partial charge in [0.25, 0.3) is 11.8 Å². The molecule has 0 saturated carbocycles. The van der Waals surface area contributed by atoms with Gasteiger partial charge in [0.1, 0.15) is 41.8 Å². The molecule has 5 aromatic rings. The number of Topliss-reactive ketones (excluding diaryl/α,β-unsaturated/α-hetero) is 1. The van der Waals surface area contributed by atoms with E-state index in [2.05, 4.69) is 20.6 Å². The minimum Gasteiger partial charge on any atom is -0.492 e. The van der Waals surface area contributed by atoms with Crippen molar-refractivity contribution in [2.75, 3.05) is 89.7 Å². The van der Waals surface area contributed by atoms with Crippen molar-refractivity contribution in [3.8, 4) is 23.0 Å². The maximum Gasteiger partial charge on any atom is 0.336 e. The molecule has 0 spiro atoms. The first kappa shape index (κ1) is 62.4. The smallest absolute Gasteiger partial charge is 0.336 e. The Labute approximate surface area is 446 Å². The van der Waals surface area contributed by atoms with E-state index in [1.54, 1.807) is 102 Å². The van der Waals surface area contributed by atoms with Crippen LogP contribution in [0.25, 0.3) is 0 Å². The Bertz CT molecular complexity index is 2790. The number of benzene rings is 3. The molecule has 75 heavy (non-hydrogen) atoms. The summed E-state index contributed by atoms with van der Waals surface area (Å²) >= 11 is 2.36. The number of hydrogen-bond donors (Lipinski definition) is 2. The van der Waals surface area contributed by atoms with Crippen LogP contribution >= 0.6 is 37.9 Å². The molecule has 2 atom stereocenters. The van der Waals surface area contributed by atoms with Gasteiger partial charge in [-0.1, -0.05) is 30.3 Å². The summed E-state index contributed by atoms with van der Waals surface area (Å²) in [7, 11) is -6.76. The Balaban J connectivity index is 0.000000326. The zero-order valence-corrected chi connectivity index (χ0v) is 47.6. The highest BCUT2D eigenvalue weighted by Crippen LogP contribution is 2.52. The average molecular weight is 1140 g/mol. The first-order valence-electron chi connectivity index (χ1n) is 23.6. The summed E-state index contributed by atoms with van der Waals surface area (Å²) in [6.45, 7) is 11.9. The van der Waals surface area contributed by atoms with Crippen LogP contribution in [0.3, 0.4) is 0 Å². The molecule has 0 aliphatic carbocycles. The van der Waals surface area contributed by atoms with Crippen molar-refractivity contribution in [2.24, 2.45) is 0 Å². The summed E-state index contributed by atoms with van der Waals surface area (Å²) in [5, 5.41) is 9.43. The van der Waals surface area contributed by atoms with E-state index in [4.69, 9.17) is 46.5 Å². The Hall–Kier alpha value is -5.10. The maximum atomic E-state index is 13.1. The molecular formula is C49H66N4O17P2S3. The highest BCUT2D eigenvalue weighted by molar-refractivity contribution is 7.90. The normalized spacial score (nSPS) is 12.4. The molecule has 0 radical (unpaired) electrons. The molecular weight excluding hydrogens is 1070 g/mol. The SMILES string of the molecule is CCOP(=O)(Cc1csc(NC(=O)c2cc(OCC(=O)c3ccccc3)cc(O[C@@H](C)COC)c2)n1)OCC.CCOP(=O)(Cc1csc(NC(=O)c2cc(OCCS(C)(=O)=O)cc(O[C@@H](C)COC)c2)n1)OCC. The number of nitrogens with one attached hydrogen (secondary N) is 2. The zero-order valence-electron chi connectivity index (χ0n) is 43.4. The van der Waals surface area contributed by atoms with Crippen LogP contribution in [0.2, 0.25) is 0 Å². The van der Waals surface area contributed by atoms with Crippen LogP contribution in [0.15, 0.2) is 77.5 Å². The van der Waals surface area contributed by atoms with Gasteiger partial charge in [0.15, 0.2) is 32.5 Å². The van der Waals surface area contributed by atoms with E-state index in [9.17, 15) is 31.9 Å². The van der Waals surface area contributed by atoms with Crippen molar-refractivity contribution in [1.82, 2.24) is 9.97 Å². The molecule has 0 aliphatic heterocycles. The van der Waals surface area contributed by atoms with Gasteiger partial charge in [-0.25, -0.2) is 18.4 Å². The van der Waals surface area contributed by atoms with Gasteiger partial charge in [-0.15, -0.1) is 22.7 Å². The molecule has 2 amide bonds. The number of aromatic nitrogens is 2. The van der Waals surface area contributed by atoms with Crippen LogP contribution in [0, 0.1) is 0 Å². The van der Waals surface area contributed by atoms with Crippen LogP contribution in [-0.2, 0) is 58.9 Å². The molecule has 5 rings (SSSR count). The number of rotatable bonds is 32. The van der Waals surface area contributed by atoms with Gasteiger partial charge in [-0.3, -0.25) is 34.1 Å². The molecule has 26 heteroatoms. The van der Waals surface area contributed by atoms with Gasteiger partial charge < -0.3 is 46.5 Å². The minimum atomic E-state index is -3.33. The number of ether oxygens (including phenoxy) is 6. The van der Waals surface area contributed by atoms with Gasteiger partial charge in [0.05, 0.1) is 69.1 Å². The van der Waals surface area contributed by atoms with Gasteiger partial charge >= 0.3 is 15.2 Å². The quantitative estimate of drug-likeness (QED) is 0.0300. The fourth-order valence-electron chi connectivity index (χ4n) is 6.53. The fourth-order valence-corrected chi connectivity index (χ4v) is 11.8. The van der Waals surface area contributed by atoms with E-state index in [-0.39, 0.29) is 92.6 Å². The first-order valence-corrected chi connectivity index (χ1v) is 30.9. The third-order valence-electron chi connectivity index (χ3n) is 9.51. The Morgan fingerprint density at radius 2 is 1.03 bits per heavy atom. The van der Waals surface area contributed by atoms with Crippen molar-refractivity contribution < 1.29 is 78.4 Å². The monoisotopic (exact) mass is 1140 g/mol. The second-order valence-electron chi connectivity index (χ2n) is 16.1. The summed E-state index contributed by atoms with van der Waals surface area (Å²) in [6, 6.07) is 18.1. The van der Waals surface area contributed by atoms with Crippen LogP contribution in [0.1, 0.15) is 84.0 Å². The molecule has 0 fully saturated rings. The molecule has 412 valence electrons. The molecule has 3 aromatic carbocycles. The van der Waals surface area contributed by atoms with Gasteiger partial charge in [0.2, 0.25) is 0 Å². The van der Waals surface area contributed by atoms with Crippen molar-refractivity contribution in [3.05, 3.63) is 106 Å². The van der Waals surface area contributed by atoms with Crippen LogP contribution in [-0.4, -0.2) is 127 Å². The molecule has 0 unspecified atom stereocenters. The van der Waals surface area contributed by atoms with Crippen molar-refractivity contribution in [1.29, 1.82) is 0 Å². The highest BCUT2D eigenvalue weighted by Gasteiger charge is 2.27. The van der Waals surface area contributed by atoms with Crippen molar-refractivity contribution in [3.63, 3.8) is 0 Å². The predicted molar refractivity (Wildman–Crippen MR) is 288 cm³/mol. The number of nitrogens with zero attached hydrogens (tertiary/aromatic N) is 2. The van der Waals surface area contributed by atoms with Crippen molar-refractivity contribution >= 4 is 75.6 Å². The lowest BCUT2D eigenvalue weighted by atomic mass is 10.1. The molecule has 2 N–H and O–H groups in total.